The van der Waals surface area contributed by atoms with Crippen LogP contribution in [0.5, 0.6) is 17.2 Å². The Balaban J connectivity index is 1.60. The minimum absolute atomic E-state index is 0.0483. The van der Waals surface area contributed by atoms with Gasteiger partial charge in [0.05, 0.1) is 19.8 Å². The van der Waals surface area contributed by atoms with Gasteiger partial charge in [0.15, 0.2) is 11.5 Å². The summed E-state index contributed by atoms with van der Waals surface area (Å²) in [5.41, 5.74) is 2.85. The maximum atomic E-state index is 12.4. The molecule has 0 aromatic heterocycles. The van der Waals surface area contributed by atoms with E-state index < -0.39 is 6.61 Å². The number of anilines is 1. The van der Waals surface area contributed by atoms with Gasteiger partial charge in [-0.25, -0.2) is 0 Å². The summed E-state index contributed by atoms with van der Waals surface area (Å²) in [6.45, 7) is 3.73. The van der Waals surface area contributed by atoms with E-state index in [0.29, 0.717) is 25.4 Å². The fourth-order valence-electron chi connectivity index (χ4n) is 3.42. The number of fused-ring (bicyclic) bond motifs is 1. The second kappa shape index (κ2) is 10.2. The highest BCUT2D eigenvalue weighted by molar-refractivity contribution is 5.92. The minimum Gasteiger partial charge on any atom is -0.490 e. The van der Waals surface area contributed by atoms with Gasteiger partial charge in [-0.15, -0.1) is 0 Å². The first-order valence-electron chi connectivity index (χ1n) is 9.97. The first-order valence-corrected chi connectivity index (χ1v) is 9.97. The molecule has 2 aromatic carbocycles. The number of nitrogens with zero attached hydrogens (tertiary/aromatic N) is 1. The fourth-order valence-corrected chi connectivity index (χ4v) is 3.42. The number of benzene rings is 2. The fraction of sp³-hybridized carbons (Fsp3) is 0.409. The number of ether oxygens (including phenoxy) is 3. The Morgan fingerprint density at radius 3 is 2.30 bits per heavy atom. The molecule has 0 atom stereocenters. The standard InChI is InChI=1S/C22H26F2N2O4/c1-3-28-19-11-15-9-10-26(13-16(15)12-20(19)29-4-2)14-21(27)25-17-5-7-18(8-6-17)30-22(23)24/h5-8,11-12,22H,3-4,9-10,13-14H2,1-2H3,(H,25,27). The van der Waals surface area contributed by atoms with Crippen molar-refractivity contribution >= 4 is 11.6 Å². The monoisotopic (exact) mass is 420 g/mol. The van der Waals surface area contributed by atoms with E-state index in [-0.39, 0.29) is 18.2 Å². The van der Waals surface area contributed by atoms with Crippen LogP contribution in [0.2, 0.25) is 0 Å². The van der Waals surface area contributed by atoms with Crippen molar-refractivity contribution in [1.29, 1.82) is 0 Å². The quantitative estimate of drug-likeness (QED) is 0.662. The summed E-state index contributed by atoms with van der Waals surface area (Å²) in [4.78, 5) is 14.5. The Hall–Kier alpha value is -2.87. The van der Waals surface area contributed by atoms with Gasteiger partial charge < -0.3 is 19.5 Å². The molecule has 0 radical (unpaired) electrons. The van der Waals surface area contributed by atoms with Gasteiger partial charge >= 0.3 is 6.61 Å². The van der Waals surface area contributed by atoms with Crippen LogP contribution in [0.1, 0.15) is 25.0 Å². The molecule has 30 heavy (non-hydrogen) atoms. The third kappa shape index (κ3) is 5.82. The van der Waals surface area contributed by atoms with Crippen LogP contribution < -0.4 is 19.5 Å². The normalized spacial score (nSPS) is 13.6. The summed E-state index contributed by atoms with van der Waals surface area (Å²) in [7, 11) is 0. The lowest BCUT2D eigenvalue weighted by atomic mass is 9.98. The largest absolute Gasteiger partial charge is 0.490 e. The molecule has 1 amide bonds. The highest BCUT2D eigenvalue weighted by atomic mass is 19.3. The zero-order valence-corrected chi connectivity index (χ0v) is 17.1. The molecule has 1 N–H and O–H groups in total. The van der Waals surface area contributed by atoms with Crippen LogP contribution >= 0.6 is 0 Å². The van der Waals surface area contributed by atoms with Gasteiger partial charge in [0, 0.05) is 18.8 Å². The van der Waals surface area contributed by atoms with Crippen molar-refractivity contribution < 1.29 is 27.8 Å². The lowest BCUT2D eigenvalue weighted by Gasteiger charge is -2.29. The highest BCUT2D eigenvalue weighted by Crippen LogP contribution is 2.33. The Kier molecular flexibility index (Phi) is 7.46. The van der Waals surface area contributed by atoms with E-state index in [1.54, 1.807) is 0 Å². The molecule has 2 aromatic rings. The van der Waals surface area contributed by atoms with Crippen LogP contribution in [-0.2, 0) is 17.8 Å². The number of nitrogens with one attached hydrogen (secondary N) is 1. The lowest BCUT2D eigenvalue weighted by Crippen LogP contribution is -2.37. The van der Waals surface area contributed by atoms with E-state index in [1.165, 1.54) is 29.8 Å². The number of carbonyl (C=O) groups is 1. The molecule has 0 aliphatic carbocycles. The van der Waals surface area contributed by atoms with Crippen molar-refractivity contribution in [1.82, 2.24) is 4.90 Å². The Labute approximate surface area is 174 Å². The molecule has 162 valence electrons. The number of halogens is 2. The second-order valence-corrected chi connectivity index (χ2v) is 6.85. The summed E-state index contributed by atoms with van der Waals surface area (Å²) < 4.78 is 40.1. The number of amides is 1. The van der Waals surface area contributed by atoms with Crippen LogP contribution in [0.15, 0.2) is 36.4 Å². The van der Waals surface area contributed by atoms with Gasteiger partial charge in [-0.1, -0.05) is 0 Å². The van der Waals surface area contributed by atoms with Crippen LogP contribution in [-0.4, -0.2) is 43.7 Å². The molecule has 1 aliphatic rings. The summed E-state index contributed by atoms with van der Waals surface area (Å²) in [6.07, 6.45) is 0.814. The summed E-state index contributed by atoms with van der Waals surface area (Å²) in [6, 6.07) is 9.88. The third-order valence-corrected chi connectivity index (χ3v) is 4.69. The van der Waals surface area contributed by atoms with Crippen molar-refractivity contribution in [3.8, 4) is 17.2 Å². The minimum atomic E-state index is -2.87. The van der Waals surface area contributed by atoms with Gasteiger partial charge in [0.25, 0.3) is 0 Å². The van der Waals surface area contributed by atoms with Gasteiger partial charge in [-0.05, 0) is 67.8 Å². The van der Waals surface area contributed by atoms with E-state index in [2.05, 4.69) is 15.0 Å². The number of alkyl halides is 2. The van der Waals surface area contributed by atoms with E-state index in [9.17, 15) is 13.6 Å². The predicted octanol–water partition coefficient (Wildman–Crippen LogP) is 4.08. The number of hydrogen-bond acceptors (Lipinski definition) is 5. The molecule has 0 fully saturated rings. The van der Waals surface area contributed by atoms with Gasteiger partial charge in [-0.3, -0.25) is 9.69 Å². The third-order valence-electron chi connectivity index (χ3n) is 4.69. The molecule has 0 saturated carbocycles. The molecule has 3 rings (SSSR count). The molecule has 8 heteroatoms. The van der Waals surface area contributed by atoms with Crippen molar-refractivity contribution in [2.75, 3.05) is 31.6 Å². The molecule has 1 aliphatic heterocycles. The molecule has 0 bridgehead atoms. The van der Waals surface area contributed by atoms with E-state index in [4.69, 9.17) is 9.47 Å². The first kappa shape index (κ1) is 21.8. The zero-order valence-electron chi connectivity index (χ0n) is 17.1. The van der Waals surface area contributed by atoms with Crippen LogP contribution in [0.4, 0.5) is 14.5 Å². The number of hydrogen-bond donors (Lipinski definition) is 1. The molecular weight excluding hydrogens is 394 g/mol. The maximum absolute atomic E-state index is 12.4. The summed E-state index contributed by atoms with van der Waals surface area (Å²) in [5.74, 6) is 1.35. The van der Waals surface area contributed by atoms with Crippen molar-refractivity contribution in [2.24, 2.45) is 0 Å². The molecule has 1 heterocycles. The molecular formula is C22H26F2N2O4. The molecule has 0 spiro atoms. The zero-order chi connectivity index (χ0) is 21.5. The van der Waals surface area contributed by atoms with Crippen molar-refractivity contribution in [2.45, 2.75) is 33.4 Å². The summed E-state index contributed by atoms with van der Waals surface area (Å²) in [5, 5.41) is 2.78. The second-order valence-electron chi connectivity index (χ2n) is 6.85. The maximum Gasteiger partial charge on any atom is 0.387 e. The van der Waals surface area contributed by atoms with E-state index in [1.807, 2.05) is 26.0 Å². The summed E-state index contributed by atoms with van der Waals surface area (Å²) >= 11 is 0. The average molecular weight is 420 g/mol. The number of carbonyl (C=O) groups excluding carboxylic acids is 1. The Bertz CT molecular complexity index is 859. The topological polar surface area (TPSA) is 60.0 Å². The predicted molar refractivity (Wildman–Crippen MR) is 109 cm³/mol. The van der Waals surface area contributed by atoms with Crippen molar-refractivity contribution in [3.63, 3.8) is 0 Å². The first-order chi connectivity index (χ1) is 14.5. The van der Waals surface area contributed by atoms with Crippen molar-refractivity contribution in [3.05, 3.63) is 47.5 Å². The van der Waals surface area contributed by atoms with Gasteiger partial charge in [0.1, 0.15) is 5.75 Å². The highest BCUT2D eigenvalue weighted by Gasteiger charge is 2.21. The molecule has 0 unspecified atom stereocenters. The van der Waals surface area contributed by atoms with E-state index in [0.717, 1.165) is 30.0 Å². The Morgan fingerprint density at radius 1 is 1.07 bits per heavy atom. The smallest absolute Gasteiger partial charge is 0.387 e. The van der Waals surface area contributed by atoms with Crippen LogP contribution in [0.25, 0.3) is 0 Å². The molecule has 6 nitrogen and oxygen atoms in total. The molecule has 0 saturated heterocycles. The van der Waals surface area contributed by atoms with Gasteiger partial charge in [0.2, 0.25) is 5.91 Å². The lowest BCUT2D eigenvalue weighted by molar-refractivity contribution is -0.117. The Morgan fingerprint density at radius 2 is 1.70 bits per heavy atom. The SMILES string of the molecule is CCOc1cc2c(cc1OCC)CN(CC(=O)Nc1ccc(OC(F)F)cc1)CC2. The van der Waals surface area contributed by atoms with Crippen LogP contribution in [0, 0.1) is 0 Å². The van der Waals surface area contributed by atoms with Crippen LogP contribution in [0.3, 0.4) is 0 Å². The van der Waals surface area contributed by atoms with Gasteiger partial charge in [-0.2, -0.15) is 8.78 Å². The average Bonchev–Trinajstić information content (AvgIpc) is 2.70. The van der Waals surface area contributed by atoms with E-state index >= 15 is 0 Å². The number of rotatable bonds is 9.